The second kappa shape index (κ2) is 4.19. The van der Waals surface area contributed by atoms with Crippen LogP contribution in [0.4, 0.5) is 0 Å². The van der Waals surface area contributed by atoms with Crippen molar-refractivity contribution in [2.24, 2.45) is 7.05 Å². The maximum absolute atomic E-state index is 4.68. The van der Waals surface area contributed by atoms with Crippen LogP contribution < -0.4 is 0 Å². The highest BCUT2D eigenvalue weighted by Crippen LogP contribution is 2.33. The Hall–Kier alpha value is -0.0900. The van der Waals surface area contributed by atoms with Gasteiger partial charge in [-0.1, -0.05) is 32.5 Å². The van der Waals surface area contributed by atoms with Gasteiger partial charge in [-0.25, -0.2) is 4.98 Å². The second-order valence-corrected chi connectivity index (χ2v) is 5.83. The molecule has 1 aromatic rings. The van der Waals surface area contributed by atoms with Crippen molar-refractivity contribution in [3.63, 3.8) is 0 Å². The monoisotopic (exact) mass is 230 g/mol. The van der Waals surface area contributed by atoms with Crippen molar-refractivity contribution in [2.45, 2.75) is 36.4 Å². The minimum Gasteiger partial charge on any atom is -0.317 e. The Kier molecular flexibility index (Phi) is 3.58. The summed E-state index contributed by atoms with van der Waals surface area (Å²) in [4.78, 5) is 4.68. The molecule has 0 fully saturated rings. The van der Waals surface area contributed by atoms with E-state index in [1.54, 1.807) is 23.5 Å². The molecule has 80 valence electrons. The van der Waals surface area contributed by atoms with E-state index in [-0.39, 0.29) is 5.41 Å². The summed E-state index contributed by atoms with van der Waals surface area (Å²) in [5, 5.41) is 2.38. The molecule has 0 aromatic carbocycles. The SMILES string of the molecule is CSc1nc(C(C)(C)C)c(SC)n1C. The lowest BCUT2D eigenvalue weighted by atomic mass is 9.93. The standard InChI is InChI=1S/C10H18N2S2/c1-10(2,3)7-8(13-5)12(4)9(11-7)14-6/h1-6H3. The molecular formula is C10H18N2S2. The first kappa shape index (κ1) is 12.0. The van der Waals surface area contributed by atoms with Crippen molar-refractivity contribution < 1.29 is 0 Å². The molecule has 0 bridgehead atoms. The topological polar surface area (TPSA) is 17.8 Å². The zero-order valence-electron chi connectivity index (χ0n) is 9.71. The van der Waals surface area contributed by atoms with Gasteiger partial charge in [-0.15, -0.1) is 11.8 Å². The number of aromatic nitrogens is 2. The van der Waals surface area contributed by atoms with Crippen LogP contribution in [0.1, 0.15) is 26.5 Å². The largest absolute Gasteiger partial charge is 0.317 e. The Morgan fingerprint density at radius 1 is 1.14 bits per heavy atom. The summed E-state index contributed by atoms with van der Waals surface area (Å²) >= 11 is 3.47. The first-order valence-corrected chi connectivity index (χ1v) is 7.02. The molecule has 0 aliphatic rings. The maximum atomic E-state index is 4.68. The molecule has 0 radical (unpaired) electrons. The Labute approximate surface area is 94.9 Å². The Bertz CT molecular complexity index is 324. The number of rotatable bonds is 2. The van der Waals surface area contributed by atoms with Gasteiger partial charge in [0.1, 0.15) is 0 Å². The van der Waals surface area contributed by atoms with Gasteiger partial charge >= 0.3 is 0 Å². The van der Waals surface area contributed by atoms with E-state index in [2.05, 4.69) is 49.9 Å². The van der Waals surface area contributed by atoms with E-state index in [0.717, 1.165) is 5.16 Å². The normalized spacial score (nSPS) is 12.1. The Morgan fingerprint density at radius 3 is 2.00 bits per heavy atom. The third-order valence-electron chi connectivity index (χ3n) is 2.09. The van der Waals surface area contributed by atoms with Crippen LogP contribution in [0.3, 0.4) is 0 Å². The molecule has 0 amide bonds. The number of thioether (sulfide) groups is 2. The van der Waals surface area contributed by atoms with Gasteiger partial charge < -0.3 is 4.57 Å². The van der Waals surface area contributed by atoms with Crippen molar-refractivity contribution in [1.29, 1.82) is 0 Å². The lowest BCUT2D eigenvalue weighted by Gasteiger charge is -2.17. The zero-order valence-corrected chi connectivity index (χ0v) is 11.3. The van der Waals surface area contributed by atoms with Crippen LogP contribution in [0, 0.1) is 0 Å². The van der Waals surface area contributed by atoms with E-state index in [4.69, 9.17) is 0 Å². The predicted molar refractivity (Wildman–Crippen MR) is 65.5 cm³/mol. The van der Waals surface area contributed by atoms with E-state index in [1.165, 1.54) is 10.7 Å². The van der Waals surface area contributed by atoms with E-state index in [9.17, 15) is 0 Å². The van der Waals surface area contributed by atoms with Crippen LogP contribution in [0.15, 0.2) is 10.2 Å². The fraction of sp³-hybridized carbons (Fsp3) is 0.700. The van der Waals surface area contributed by atoms with E-state index >= 15 is 0 Å². The minimum atomic E-state index is 0.129. The molecule has 0 aliphatic heterocycles. The number of imidazole rings is 1. The minimum absolute atomic E-state index is 0.129. The van der Waals surface area contributed by atoms with Gasteiger partial charge in [0.2, 0.25) is 0 Å². The van der Waals surface area contributed by atoms with E-state index < -0.39 is 0 Å². The molecule has 0 aliphatic carbocycles. The molecule has 0 spiro atoms. The molecule has 1 aromatic heterocycles. The van der Waals surface area contributed by atoms with Gasteiger partial charge in [0, 0.05) is 12.5 Å². The predicted octanol–water partition coefficient (Wildman–Crippen LogP) is 3.16. The average molecular weight is 230 g/mol. The second-order valence-electron chi connectivity index (χ2n) is 4.27. The van der Waals surface area contributed by atoms with Crippen LogP contribution in [-0.4, -0.2) is 22.1 Å². The lowest BCUT2D eigenvalue weighted by molar-refractivity contribution is 0.554. The van der Waals surface area contributed by atoms with Gasteiger partial charge in [0.05, 0.1) is 10.7 Å². The first-order valence-electron chi connectivity index (χ1n) is 4.57. The summed E-state index contributed by atoms with van der Waals surface area (Å²) in [5.74, 6) is 0. The van der Waals surface area contributed by atoms with Crippen LogP contribution in [0.5, 0.6) is 0 Å². The maximum Gasteiger partial charge on any atom is 0.168 e. The molecule has 0 saturated carbocycles. The van der Waals surface area contributed by atoms with Gasteiger partial charge in [0.25, 0.3) is 0 Å². The lowest BCUT2D eigenvalue weighted by Crippen LogP contribution is -2.13. The number of hydrogen-bond donors (Lipinski definition) is 0. The van der Waals surface area contributed by atoms with Crippen LogP contribution in [0.25, 0.3) is 0 Å². The molecular weight excluding hydrogens is 212 g/mol. The van der Waals surface area contributed by atoms with Gasteiger partial charge in [-0.05, 0) is 12.5 Å². The number of nitrogens with zero attached hydrogens (tertiary/aromatic N) is 2. The fourth-order valence-electron chi connectivity index (χ4n) is 1.37. The average Bonchev–Trinajstić information content (AvgIpc) is 2.41. The van der Waals surface area contributed by atoms with Gasteiger partial charge in [0.15, 0.2) is 5.16 Å². The van der Waals surface area contributed by atoms with Crippen molar-refractivity contribution in [2.75, 3.05) is 12.5 Å². The van der Waals surface area contributed by atoms with E-state index in [1.807, 2.05) is 0 Å². The zero-order chi connectivity index (χ0) is 10.9. The molecule has 2 nitrogen and oxygen atoms in total. The van der Waals surface area contributed by atoms with Crippen LogP contribution in [0.2, 0.25) is 0 Å². The summed E-state index contributed by atoms with van der Waals surface area (Å²) in [6, 6.07) is 0. The molecule has 0 atom stereocenters. The summed E-state index contributed by atoms with van der Waals surface area (Å²) in [6.07, 6.45) is 4.18. The Balaban J connectivity index is 3.30. The molecule has 4 heteroatoms. The summed E-state index contributed by atoms with van der Waals surface area (Å²) in [7, 11) is 2.08. The quantitative estimate of drug-likeness (QED) is 0.727. The molecule has 0 unspecified atom stereocenters. The third-order valence-corrected chi connectivity index (χ3v) is 3.67. The summed E-state index contributed by atoms with van der Waals surface area (Å²) in [6.45, 7) is 6.62. The molecule has 1 rings (SSSR count). The summed E-state index contributed by atoms with van der Waals surface area (Å²) < 4.78 is 2.18. The smallest absolute Gasteiger partial charge is 0.168 e. The van der Waals surface area contributed by atoms with Gasteiger partial charge in [-0.3, -0.25) is 0 Å². The molecule has 1 heterocycles. The first-order chi connectivity index (χ1) is 6.41. The van der Waals surface area contributed by atoms with Gasteiger partial charge in [-0.2, -0.15) is 0 Å². The molecule has 14 heavy (non-hydrogen) atoms. The van der Waals surface area contributed by atoms with Crippen molar-refractivity contribution >= 4 is 23.5 Å². The van der Waals surface area contributed by atoms with Crippen molar-refractivity contribution in [1.82, 2.24) is 9.55 Å². The van der Waals surface area contributed by atoms with Crippen LogP contribution >= 0.6 is 23.5 Å². The highest BCUT2D eigenvalue weighted by molar-refractivity contribution is 7.99. The van der Waals surface area contributed by atoms with Crippen molar-refractivity contribution in [3.8, 4) is 0 Å². The van der Waals surface area contributed by atoms with E-state index in [0.29, 0.717) is 0 Å². The highest BCUT2D eigenvalue weighted by Gasteiger charge is 2.24. The Morgan fingerprint density at radius 2 is 1.71 bits per heavy atom. The third kappa shape index (κ3) is 2.11. The van der Waals surface area contributed by atoms with Crippen LogP contribution in [-0.2, 0) is 12.5 Å². The fourth-order valence-corrected chi connectivity index (χ4v) is 2.88. The highest BCUT2D eigenvalue weighted by atomic mass is 32.2. The molecule has 0 saturated heterocycles. The van der Waals surface area contributed by atoms with Crippen molar-refractivity contribution in [3.05, 3.63) is 5.69 Å². The summed E-state index contributed by atoms with van der Waals surface area (Å²) in [5.41, 5.74) is 1.33. The molecule has 0 N–H and O–H groups in total. The number of hydrogen-bond acceptors (Lipinski definition) is 3.